The molecule has 0 spiro atoms. The monoisotopic (exact) mass is 454 g/mol. The van der Waals surface area contributed by atoms with Gasteiger partial charge in [-0.2, -0.15) is 5.06 Å². The molecule has 0 saturated carbocycles. The van der Waals surface area contributed by atoms with Gasteiger partial charge in [0.25, 0.3) is 0 Å². The highest BCUT2D eigenvalue weighted by atomic mass is 16.7. The average Bonchev–Trinajstić information content (AvgIpc) is 3.14. The Morgan fingerprint density at radius 3 is 2.21 bits per heavy atom. The summed E-state index contributed by atoms with van der Waals surface area (Å²) in [5.41, 5.74) is 1.30. The molecule has 2 aromatic carbocycles. The fraction of sp³-hybridized carbons (Fsp3) is 0.458. The number of rotatable bonds is 6. The van der Waals surface area contributed by atoms with Crippen molar-refractivity contribution in [3.8, 4) is 17.2 Å². The van der Waals surface area contributed by atoms with Crippen LogP contribution >= 0.6 is 0 Å². The molecular weight excluding hydrogens is 424 g/mol. The summed E-state index contributed by atoms with van der Waals surface area (Å²) < 4.78 is 11.3. The molecule has 0 amide bonds. The second kappa shape index (κ2) is 8.64. The summed E-state index contributed by atoms with van der Waals surface area (Å²) in [4.78, 5) is 19.4. The third-order valence-corrected chi connectivity index (χ3v) is 5.84. The highest BCUT2D eigenvalue weighted by Gasteiger charge is 2.47. The van der Waals surface area contributed by atoms with E-state index < -0.39 is 5.97 Å². The lowest BCUT2D eigenvalue weighted by molar-refractivity contribution is -0.278. The topological polar surface area (TPSA) is 98.9 Å². The fourth-order valence-corrected chi connectivity index (χ4v) is 4.84. The summed E-state index contributed by atoms with van der Waals surface area (Å²) in [5.74, 6) is -0.169. The van der Waals surface area contributed by atoms with Crippen molar-refractivity contribution in [2.24, 2.45) is 0 Å². The van der Waals surface area contributed by atoms with Gasteiger partial charge in [-0.05, 0) is 52.0 Å². The zero-order valence-corrected chi connectivity index (χ0v) is 19.6. The minimum atomic E-state index is -0.457. The van der Waals surface area contributed by atoms with E-state index in [1.165, 1.54) is 10.9 Å². The SMILES string of the molecule is CON1C(C)(C)CC(OC(=O)COc2ccc(-n3nc4ccccc4n3)c(O)c2)CC1(C)C. The van der Waals surface area contributed by atoms with E-state index in [1.807, 2.05) is 29.3 Å². The number of piperidine rings is 1. The molecule has 2 heterocycles. The first-order valence-corrected chi connectivity index (χ1v) is 10.9. The van der Waals surface area contributed by atoms with Gasteiger partial charge in [-0.15, -0.1) is 15.0 Å². The highest BCUT2D eigenvalue weighted by molar-refractivity contribution is 5.74. The van der Waals surface area contributed by atoms with E-state index in [-0.39, 0.29) is 29.5 Å². The quantitative estimate of drug-likeness (QED) is 0.564. The number of nitrogens with zero attached hydrogens (tertiary/aromatic N) is 4. The summed E-state index contributed by atoms with van der Waals surface area (Å²) in [6, 6.07) is 12.2. The Morgan fingerprint density at radius 2 is 1.67 bits per heavy atom. The van der Waals surface area contributed by atoms with E-state index in [4.69, 9.17) is 14.3 Å². The normalized spacial score (nSPS) is 18.3. The average molecular weight is 455 g/mol. The van der Waals surface area contributed by atoms with Crippen LogP contribution in [0.4, 0.5) is 0 Å². The van der Waals surface area contributed by atoms with Gasteiger partial charge in [0, 0.05) is 30.0 Å². The lowest BCUT2D eigenvalue weighted by atomic mass is 9.80. The maximum atomic E-state index is 12.5. The van der Waals surface area contributed by atoms with Gasteiger partial charge in [0.1, 0.15) is 34.3 Å². The largest absolute Gasteiger partial charge is 0.505 e. The van der Waals surface area contributed by atoms with Crippen molar-refractivity contribution < 1.29 is 24.2 Å². The summed E-state index contributed by atoms with van der Waals surface area (Å²) in [6.45, 7) is 8.01. The molecule has 0 aliphatic carbocycles. The minimum absolute atomic E-state index is 0.0587. The Labute approximate surface area is 192 Å². The number of esters is 1. The molecule has 1 aliphatic heterocycles. The van der Waals surface area contributed by atoms with Crippen LogP contribution in [0.25, 0.3) is 16.7 Å². The van der Waals surface area contributed by atoms with Crippen LogP contribution in [0.3, 0.4) is 0 Å². The van der Waals surface area contributed by atoms with Gasteiger partial charge in [-0.3, -0.25) is 0 Å². The molecule has 1 aromatic heterocycles. The highest BCUT2D eigenvalue weighted by Crippen LogP contribution is 2.39. The Kier molecular flexibility index (Phi) is 6.02. The van der Waals surface area contributed by atoms with Crippen LogP contribution in [0.15, 0.2) is 42.5 Å². The number of phenolic OH excluding ortho intramolecular Hbond substituents is 1. The first kappa shape index (κ1) is 23.0. The minimum Gasteiger partial charge on any atom is -0.505 e. The van der Waals surface area contributed by atoms with Crippen LogP contribution in [0.2, 0.25) is 0 Å². The second-order valence-electron chi connectivity index (χ2n) is 9.54. The van der Waals surface area contributed by atoms with Crippen LogP contribution in [-0.2, 0) is 14.4 Å². The van der Waals surface area contributed by atoms with E-state index >= 15 is 0 Å². The van der Waals surface area contributed by atoms with Crippen LogP contribution in [-0.4, -0.2) is 62.0 Å². The van der Waals surface area contributed by atoms with Crippen molar-refractivity contribution >= 4 is 17.0 Å². The standard InChI is InChI=1S/C24H30N4O5/c1-23(2)13-17(14-24(3,4)28(23)31-5)33-22(30)15-32-16-10-11-20(21(29)12-16)27-25-18-8-6-7-9-19(18)26-27/h6-12,17,29H,13-15H2,1-5H3. The molecule has 1 aliphatic rings. The third-order valence-electron chi connectivity index (χ3n) is 5.84. The molecule has 1 fully saturated rings. The number of aromatic nitrogens is 3. The number of carbonyl (C=O) groups is 1. The van der Waals surface area contributed by atoms with Crippen molar-refractivity contribution in [2.45, 2.75) is 57.7 Å². The molecule has 0 bridgehead atoms. The van der Waals surface area contributed by atoms with E-state index in [9.17, 15) is 9.90 Å². The zero-order valence-electron chi connectivity index (χ0n) is 19.6. The van der Waals surface area contributed by atoms with Crippen molar-refractivity contribution in [1.82, 2.24) is 20.1 Å². The second-order valence-corrected chi connectivity index (χ2v) is 9.54. The molecule has 33 heavy (non-hydrogen) atoms. The molecule has 0 unspecified atom stereocenters. The van der Waals surface area contributed by atoms with Gasteiger partial charge in [-0.25, -0.2) is 4.79 Å². The Hall–Kier alpha value is -3.17. The molecule has 4 rings (SSSR count). The maximum absolute atomic E-state index is 12.5. The third kappa shape index (κ3) is 4.79. The van der Waals surface area contributed by atoms with E-state index in [0.717, 1.165) is 11.0 Å². The molecule has 1 saturated heterocycles. The number of hydrogen-bond donors (Lipinski definition) is 1. The number of ether oxygens (including phenoxy) is 2. The van der Waals surface area contributed by atoms with Crippen molar-refractivity contribution in [3.63, 3.8) is 0 Å². The van der Waals surface area contributed by atoms with Crippen LogP contribution in [0, 0.1) is 0 Å². The zero-order chi connectivity index (χ0) is 23.8. The number of aromatic hydroxyl groups is 1. The van der Waals surface area contributed by atoms with Gasteiger partial charge in [0.15, 0.2) is 6.61 Å². The van der Waals surface area contributed by atoms with E-state index in [2.05, 4.69) is 37.9 Å². The molecule has 9 nitrogen and oxygen atoms in total. The molecule has 9 heteroatoms. The Balaban J connectivity index is 1.37. The molecule has 3 aromatic rings. The summed E-state index contributed by atoms with van der Waals surface area (Å²) >= 11 is 0. The number of hydroxylamine groups is 2. The summed E-state index contributed by atoms with van der Waals surface area (Å²) in [5, 5.41) is 21.1. The predicted molar refractivity (Wildman–Crippen MR) is 122 cm³/mol. The first-order valence-electron chi connectivity index (χ1n) is 10.9. The molecular formula is C24H30N4O5. The molecule has 0 atom stereocenters. The molecule has 176 valence electrons. The fourth-order valence-electron chi connectivity index (χ4n) is 4.84. The van der Waals surface area contributed by atoms with Crippen molar-refractivity contribution in [3.05, 3.63) is 42.5 Å². The Bertz CT molecular complexity index is 1110. The summed E-state index contributed by atoms with van der Waals surface area (Å²) in [6.07, 6.45) is 1.06. The van der Waals surface area contributed by atoms with Gasteiger partial charge < -0.3 is 19.4 Å². The number of fused-ring (bicyclic) bond motifs is 1. The maximum Gasteiger partial charge on any atom is 0.344 e. The smallest absolute Gasteiger partial charge is 0.344 e. The van der Waals surface area contributed by atoms with Gasteiger partial charge >= 0.3 is 5.97 Å². The predicted octanol–water partition coefficient (Wildman–Crippen LogP) is 3.63. The molecule has 1 N–H and O–H groups in total. The van der Waals surface area contributed by atoms with Gasteiger partial charge in [-0.1, -0.05) is 12.1 Å². The van der Waals surface area contributed by atoms with Crippen LogP contribution < -0.4 is 4.74 Å². The van der Waals surface area contributed by atoms with E-state index in [0.29, 0.717) is 24.3 Å². The van der Waals surface area contributed by atoms with Crippen LogP contribution in [0.1, 0.15) is 40.5 Å². The van der Waals surface area contributed by atoms with Gasteiger partial charge in [0.2, 0.25) is 0 Å². The number of benzene rings is 2. The lowest BCUT2D eigenvalue weighted by Crippen LogP contribution is -2.61. The number of hydrogen-bond acceptors (Lipinski definition) is 8. The van der Waals surface area contributed by atoms with Crippen molar-refractivity contribution in [1.29, 1.82) is 0 Å². The Morgan fingerprint density at radius 1 is 1.06 bits per heavy atom. The first-order chi connectivity index (χ1) is 15.6. The number of carbonyl (C=O) groups excluding carboxylic acids is 1. The van der Waals surface area contributed by atoms with Crippen LogP contribution in [0.5, 0.6) is 11.5 Å². The van der Waals surface area contributed by atoms with Gasteiger partial charge in [0.05, 0.1) is 7.11 Å². The molecule has 0 radical (unpaired) electrons. The summed E-state index contributed by atoms with van der Waals surface area (Å²) in [7, 11) is 1.66. The van der Waals surface area contributed by atoms with E-state index in [1.54, 1.807) is 19.2 Å². The van der Waals surface area contributed by atoms with Crippen molar-refractivity contribution in [2.75, 3.05) is 13.7 Å². The number of phenols is 1. The lowest BCUT2D eigenvalue weighted by Gasteiger charge is -2.52.